The quantitative estimate of drug-likeness (QED) is 0.852. The van der Waals surface area contributed by atoms with Crippen molar-refractivity contribution in [3.63, 3.8) is 0 Å². The number of nitrogen functional groups attached to an aromatic ring is 1. The molecule has 0 atom stereocenters. The standard InChI is InChI=1S/C11H17N3O2S/c12-11-10(7-4-8-13-11)17(15,16)14-9-5-2-1-3-6-9/h4,7-9,14H,1-3,5-6H2,(H2,12,13). The molecule has 0 unspecified atom stereocenters. The summed E-state index contributed by atoms with van der Waals surface area (Å²) in [4.78, 5) is 3.87. The molecule has 0 aromatic carbocycles. The first-order chi connectivity index (χ1) is 8.09. The molecule has 2 rings (SSSR count). The van der Waals surface area contributed by atoms with Gasteiger partial charge in [-0.05, 0) is 25.0 Å². The van der Waals surface area contributed by atoms with Gasteiger partial charge in [0.05, 0.1) is 0 Å². The Hall–Kier alpha value is -1.14. The molecule has 0 amide bonds. The number of anilines is 1. The predicted octanol–water partition coefficient (Wildman–Crippen LogP) is 1.27. The SMILES string of the molecule is Nc1ncccc1S(=O)(=O)NC1CCCCC1. The van der Waals surface area contributed by atoms with E-state index in [1.165, 1.54) is 18.7 Å². The van der Waals surface area contributed by atoms with Gasteiger partial charge in [0.2, 0.25) is 10.0 Å². The van der Waals surface area contributed by atoms with Gasteiger partial charge in [-0.1, -0.05) is 19.3 Å². The predicted molar refractivity (Wildman–Crippen MR) is 65.8 cm³/mol. The molecule has 0 radical (unpaired) electrons. The van der Waals surface area contributed by atoms with Crippen LogP contribution >= 0.6 is 0 Å². The van der Waals surface area contributed by atoms with Gasteiger partial charge in [-0.2, -0.15) is 0 Å². The smallest absolute Gasteiger partial charge is 0.244 e. The number of aromatic nitrogens is 1. The fourth-order valence-electron chi connectivity index (χ4n) is 2.13. The van der Waals surface area contributed by atoms with Crippen LogP contribution in [0.25, 0.3) is 0 Å². The molecule has 0 bridgehead atoms. The van der Waals surface area contributed by atoms with Crippen LogP contribution in [0.5, 0.6) is 0 Å². The summed E-state index contributed by atoms with van der Waals surface area (Å²) >= 11 is 0. The van der Waals surface area contributed by atoms with Crippen LogP contribution in [0.1, 0.15) is 32.1 Å². The minimum absolute atomic E-state index is 0.0355. The first-order valence-electron chi connectivity index (χ1n) is 5.82. The van der Waals surface area contributed by atoms with E-state index in [9.17, 15) is 8.42 Å². The molecule has 0 saturated heterocycles. The Kier molecular flexibility index (Phi) is 3.63. The summed E-state index contributed by atoms with van der Waals surface area (Å²) < 4.78 is 26.9. The van der Waals surface area contributed by atoms with E-state index in [0.29, 0.717) is 0 Å². The second kappa shape index (κ2) is 5.01. The highest BCUT2D eigenvalue weighted by Gasteiger charge is 2.23. The molecule has 0 aliphatic heterocycles. The highest BCUT2D eigenvalue weighted by atomic mass is 32.2. The third kappa shape index (κ3) is 2.95. The van der Waals surface area contributed by atoms with Gasteiger partial charge in [-0.15, -0.1) is 0 Å². The Bertz CT molecular complexity index is 481. The van der Waals surface area contributed by atoms with Gasteiger partial charge in [0.25, 0.3) is 0 Å². The molecular weight excluding hydrogens is 238 g/mol. The zero-order valence-corrected chi connectivity index (χ0v) is 10.4. The van der Waals surface area contributed by atoms with Gasteiger partial charge in [0.15, 0.2) is 0 Å². The molecule has 1 aromatic rings. The summed E-state index contributed by atoms with van der Waals surface area (Å²) in [5.41, 5.74) is 5.58. The van der Waals surface area contributed by atoms with Crippen LogP contribution in [0, 0.1) is 0 Å². The van der Waals surface area contributed by atoms with Crippen molar-refractivity contribution in [2.24, 2.45) is 0 Å². The lowest BCUT2D eigenvalue weighted by Crippen LogP contribution is -2.36. The number of hydrogen-bond donors (Lipinski definition) is 2. The monoisotopic (exact) mass is 255 g/mol. The highest BCUT2D eigenvalue weighted by Crippen LogP contribution is 2.21. The van der Waals surface area contributed by atoms with Crippen LogP contribution in [-0.2, 0) is 10.0 Å². The summed E-state index contributed by atoms with van der Waals surface area (Å²) in [5, 5.41) is 0. The van der Waals surface area contributed by atoms with Gasteiger partial charge in [0, 0.05) is 12.2 Å². The summed E-state index contributed by atoms with van der Waals surface area (Å²) in [7, 11) is -3.53. The van der Waals surface area contributed by atoms with Crippen LogP contribution in [-0.4, -0.2) is 19.4 Å². The average molecular weight is 255 g/mol. The van der Waals surface area contributed by atoms with E-state index in [1.807, 2.05) is 0 Å². The number of pyridine rings is 1. The zero-order valence-electron chi connectivity index (χ0n) is 9.59. The van der Waals surface area contributed by atoms with Crippen molar-refractivity contribution in [2.75, 3.05) is 5.73 Å². The van der Waals surface area contributed by atoms with Crippen molar-refractivity contribution < 1.29 is 8.42 Å². The summed E-state index contributed by atoms with van der Waals surface area (Å²) in [6.07, 6.45) is 6.63. The van der Waals surface area contributed by atoms with E-state index < -0.39 is 10.0 Å². The third-order valence-corrected chi connectivity index (χ3v) is 4.58. The maximum Gasteiger partial charge on any atom is 0.244 e. The number of rotatable bonds is 3. The number of nitrogens with two attached hydrogens (primary N) is 1. The van der Waals surface area contributed by atoms with Gasteiger partial charge < -0.3 is 5.73 Å². The summed E-state index contributed by atoms with van der Waals surface area (Å²) in [6, 6.07) is 3.09. The molecule has 5 nitrogen and oxygen atoms in total. The van der Waals surface area contributed by atoms with Gasteiger partial charge in [-0.25, -0.2) is 18.1 Å². The number of sulfonamides is 1. The van der Waals surface area contributed by atoms with E-state index in [2.05, 4.69) is 9.71 Å². The Morgan fingerprint density at radius 1 is 1.29 bits per heavy atom. The van der Waals surface area contributed by atoms with E-state index in [0.717, 1.165) is 25.7 Å². The van der Waals surface area contributed by atoms with E-state index >= 15 is 0 Å². The summed E-state index contributed by atoms with van der Waals surface area (Å²) in [6.45, 7) is 0. The molecule has 94 valence electrons. The van der Waals surface area contributed by atoms with Gasteiger partial charge in [-0.3, -0.25) is 0 Å². The number of hydrogen-bond acceptors (Lipinski definition) is 4. The largest absolute Gasteiger partial charge is 0.383 e. The average Bonchev–Trinajstić information content (AvgIpc) is 2.30. The molecule has 1 aliphatic carbocycles. The summed E-state index contributed by atoms with van der Waals surface area (Å²) in [5.74, 6) is 0.0517. The maximum absolute atomic E-state index is 12.1. The van der Waals surface area contributed by atoms with Crippen molar-refractivity contribution in [1.29, 1.82) is 0 Å². The Morgan fingerprint density at radius 3 is 2.65 bits per heavy atom. The van der Waals surface area contributed by atoms with E-state index in [4.69, 9.17) is 5.73 Å². The zero-order chi connectivity index (χ0) is 12.3. The van der Waals surface area contributed by atoms with Crippen LogP contribution in [0.4, 0.5) is 5.82 Å². The van der Waals surface area contributed by atoms with Crippen molar-refractivity contribution in [3.05, 3.63) is 18.3 Å². The molecule has 6 heteroatoms. The number of nitrogens with one attached hydrogen (secondary N) is 1. The lowest BCUT2D eigenvalue weighted by Gasteiger charge is -2.22. The van der Waals surface area contributed by atoms with Crippen molar-refractivity contribution >= 4 is 15.8 Å². The van der Waals surface area contributed by atoms with Crippen LogP contribution < -0.4 is 10.5 Å². The molecule has 17 heavy (non-hydrogen) atoms. The van der Waals surface area contributed by atoms with Gasteiger partial charge >= 0.3 is 0 Å². The molecule has 1 aromatic heterocycles. The van der Waals surface area contributed by atoms with Crippen molar-refractivity contribution in [3.8, 4) is 0 Å². The fraction of sp³-hybridized carbons (Fsp3) is 0.545. The van der Waals surface area contributed by atoms with E-state index in [1.54, 1.807) is 6.07 Å². The molecule has 1 fully saturated rings. The fourth-order valence-corrected chi connectivity index (χ4v) is 3.52. The van der Waals surface area contributed by atoms with Crippen molar-refractivity contribution in [1.82, 2.24) is 9.71 Å². The van der Waals surface area contributed by atoms with Crippen LogP contribution in [0.3, 0.4) is 0 Å². The van der Waals surface area contributed by atoms with Crippen LogP contribution in [0.2, 0.25) is 0 Å². The molecular formula is C11H17N3O2S. The van der Waals surface area contributed by atoms with Gasteiger partial charge in [0.1, 0.15) is 10.7 Å². The van der Waals surface area contributed by atoms with E-state index in [-0.39, 0.29) is 16.8 Å². The maximum atomic E-state index is 12.1. The minimum atomic E-state index is -3.53. The third-order valence-electron chi connectivity index (χ3n) is 3.02. The Balaban J connectivity index is 2.16. The second-order valence-electron chi connectivity index (χ2n) is 4.34. The molecule has 1 saturated carbocycles. The van der Waals surface area contributed by atoms with Crippen molar-refractivity contribution in [2.45, 2.75) is 43.0 Å². The lowest BCUT2D eigenvalue weighted by molar-refractivity contribution is 0.412. The minimum Gasteiger partial charge on any atom is -0.383 e. The Morgan fingerprint density at radius 2 is 2.00 bits per heavy atom. The molecule has 0 spiro atoms. The first-order valence-corrected chi connectivity index (χ1v) is 7.31. The highest BCUT2D eigenvalue weighted by molar-refractivity contribution is 7.89. The lowest BCUT2D eigenvalue weighted by atomic mass is 9.96. The Labute approximate surface area is 101 Å². The normalized spacial score (nSPS) is 18.1. The molecule has 1 aliphatic rings. The molecule has 3 N–H and O–H groups in total. The number of nitrogens with zero attached hydrogens (tertiary/aromatic N) is 1. The second-order valence-corrected chi connectivity index (χ2v) is 6.03. The topological polar surface area (TPSA) is 85.1 Å². The van der Waals surface area contributed by atoms with Crippen LogP contribution in [0.15, 0.2) is 23.2 Å². The first kappa shape index (κ1) is 12.3. The molecule has 1 heterocycles.